The van der Waals surface area contributed by atoms with Crippen LogP contribution in [0.2, 0.25) is 0 Å². The van der Waals surface area contributed by atoms with Crippen molar-refractivity contribution < 1.29 is 0 Å². The molecule has 1 aliphatic carbocycles. The summed E-state index contributed by atoms with van der Waals surface area (Å²) in [5.41, 5.74) is 0. The quantitative estimate of drug-likeness (QED) is 0.393. The Morgan fingerprint density at radius 3 is 2.44 bits per heavy atom. The number of hydrogen-bond donors (Lipinski definition) is 2. The smallest absolute Gasteiger partial charge is 0.191 e. The summed E-state index contributed by atoms with van der Waals surface area (Å²) >= 11 is 0. The van der Waals surface area contributed by atoms with Crippen molar-refractivity contribution in [3.05, 3.63) is 0 Å². The van der Waals surface area contributed by atoms with E-state index in [1.165, 1.54) is 6.42 Å². The van der Waals surface area contributed by atoms with Crippen molar-refractivity contribution in [1.29, 1.82) is 0 Å². The van der Waals surface area contributed by atoms with Gasteiger partial charge in [0.1, 0.15) is 0 Å². The number of hydrogen-bond acceptors (Lipinski definition) is 2. The van der Waals surface area contributed by atoms with Crippen molar-refractivity contribution in [1.82, 2.24) is 15.5 Å². The lowest BCUT2D eigenvalue weighted by Crippen LogP contribution is -2.39. The molecule has 1 fully saturated rings. The van der Waals surface area contributed by atoms with Gasteiger partial charge in [-0.15, -0.1) is 0 Å². The minimum absolute atomic E-state index is 0.644. The zero-order chi connectivity index (χ0) is 13.4. The highest BCUT2D eigenvalue weighted by molar-refractivity contribution is 5.80. The molecule has 0 bridgehead atoms. The predicted molar refractivity (Wildman–Crippen MR) is 79.1 cm³/mol. The maximum absolute atomic E-state index is 4.64. The van der Waals surface area contributed by atoms with Gasteiger partial charge in [-0.2, -0.15) is 0 Å². The molecule has 1 rings (SSSR count). The van der Waals surface area contributed by atoms with Gasteiger partial charge in [-0.05, 0) is 45.3 Å². The first kappa shape index (κ1) is 15.3. The molecule has 0 aromatic carbocycles. The fourth-order valence-electron chi connectivity index (χ4n) is 2.04. The summed E-state index contributed by atoms with van der Waals surface area (Å²) in [5.74, 6) is 1.80. The Hall–Kier alpha value is -0.770. The molecule has 1 aliphatic rings. The summed E-state index contributed by atoms with van der Waals surface area (Å²) in [4.78, 5) is 7.08. The summed E-state index contributed by atoms with van der Waals surface area (Å²) in [6.45, 7) is 14.1. The normalized spacial score (nSPS) is 23.3. The van der Waals surface area contributed by atoms with Gasteiger partial charge in [0.25, 0.3) is 0 Å². The van der Waals surface area contributed by atoms with Crippen molar-refractivity contribution in [2.45, 2.75) is 46.6 Å². The van der Waals surface area contributed by atoms with E-state index in [0.717, 1.165) is 51.0 Å². The van der Waals surface area contributed by atoms with Gasteiger partial charge in [-0.3, -0.25) is 4.99 Å². The number of rotatable bonds is 8. The van der Waals surface area contributed by atoms with Gasteiger partial charge in [-0.25, -0.2) is 0 Å². The summed E-state index contributed by atoms with van der Waals surface area (Å²) < 4.78 is 0. The second-order valence-corrected chi connectivity index (χ2v) is 5.10. The number of guanidine groups is 1. The van der Waals surface area contributed by atoms with E-state index in [1.807, 2.05) is 0 Å². The molecular formula is C14H30N4. The molecule has 2 unspecified atom stereocenters. The Labute approximate surface area is 112 Å². The van der Waals surface area contributed by atoms with Crippen LogP contribution in [0.15, 0.2) is 4.99 Å². The zero-order valence-electron chi connectivity index (χ0n) is 12.5. The largest absolute Gasteiger partial charge is 0.357 e. The van der Waals surface area contributed by atoms with Crippen LogP contribution in [0.25, 0.3) is 0 Å². The Kier molecular flexibility index (Phi) is 7.09. The van der Waals surface area contributed by atoms with E-state index in [2.05, 4.69) is 48.2 Å². The van der Waals surface area contributed by atoms with Crippen LogP contribution in [0.3, 0.4) is 0 Å². The lowest BCUT2D eigenvalue weighted by atomic mass is 10.4. The second kappa shape index (κ2) is 8.35. The third-order valence-electron chi connectivity index (χ3n) is 3.57. The van der Waals surface area contributed by atoms with Crippen molar-refractivity contribution in [2.24, 2.45) is 10.9 Å². The van der Waals surface area contributed by atoms with E-state index in [1.54, 1.807) is 0 Å². The minimum atomic E-state index is 0.644. The molecule has 0 aromatic heterocycles. The summed E-state index contributed by atoms with van der Waals surface area (Å²) in [5, 5.41) is 6.80. The maximum Gasteiger partial charge on any atom is 0.191 e. The number of aliphatic imine (C=N–C) groups is 1. The average molecular weight is 254 g/mol. The Bertz CT molecular complexity index is 248. The van der Waals surface area contributed by atoms with Crippen LogP contribution in [-0.4, -0.2) is 49.6 Å². The van der Waals surface area contributed by atoms with Crippen LogP contribution in [0, 0.1) is 5.92 Å². The van der Waals surface area contributed by atoms with Crippen LogP contribution < -0.4 is 10.6 Å². The molecule has 2 atom stereocenters. The third-order valence-corrected chi connectivity index (χ3v) is 3.57. The van der Waals surface area contributed by atoms with Gasteiger partial charge < -0.3 is 15.5 Å². The van der Waals surface area contributed by atoms with Crippen LogP contribution in [-0.2, 0) is 0 Å². The lowest BCUT2D eigenvalue weighted by molar-refractivity contribution is 0.302. The molecule has 18 heavy (non-hydrogen) atoms. The Morgan fingerprint density at radius 2 is 1.94 bits per heavy atom. The molecule has 0 saturated heterocycles. The monoisotopic (exact) mass is 254 g/mol. The van der Waals surface area contributed by atoms with E-state index in [9.17, 15) is 0 Å². The van der Waals surface area contributed by atoms with Gasteiger partial charge >= 0.3 is 0 Å². The molecule has 2 N–H and O–H groups in total. The first-order valence-electron chi connectivity index (χ1n) is 7.48. The highest BCUT2D eigenvalue weighted by atomic mass is 15.2. The van der Waals surface area contributed by atoms with E-state index < -0.39 is 0 Å². The fourth-order valence-corrected chi connectivity index (χ4v) is 2.04. The van der Waals surface area contributed by atoms with Gasteiger partial charge in [0.15, 0.2) is 5.96 Å². The van der Waals surface area contributed by atoms with Crippen LogP contribution in [0.4, 0.5) is 0 Å². The Balaban J connectivity index is 2.22. The van der Waals surface area contributed by atoms with Gasteiger partial charge in [0, 0.05) is 19.1 Å². The van der Waals surface area contributed by atoms with Crippen LogP contribution in [0.5, 0.6) is 0 Å². The number of nitrogens with zero attached hydrogens (tertiary/aromatic N) is 2. The van der Waals surface area contributed by atoms with E-state index in [0.29, 0.717) is 6.04 Å². The highest BCUT2D eigenvalue weighted by Crippen LogP contribution is 2.28. The van der Waals surface area contributed by atoms with Crippen molar-refractivity contribution in [2.75, 3.05) is 32.7 Å². The van der Waals surface area contributed by atoms with Crippen molar-refractivity contribution in [3.8, 4) is 0 Å². The SMILES string of the molecule is CCNC(=NCCCN(CC)CC)NC1CC1C. The molecule has 0 heterocycles. The summed E-state index contributed by atoms with van der Waals surface area (Å²) in [7, 11) is 0. The fraction of sp³-hybridized carbons (Fsp3) is 0.929. The molecule has 0 aromatic rings. The van der Waals surface area contributed by atoms with Crippen LogP contribution >= 0.6 is 0 Å². The average Bonchev–Trinajstić information content (AvgIpc) is 3.05. The van der Waals surface area contributed by atoms with Gasteiger partial charge in [0.05, 0.1) is 0 Å². The van der Waals surface area contributed by atoms with Crippen molar-refractivity contribution >= 4 is 5.96 Å². The standard InChI is InChI=1S/C14H30N4/c1-5-15-14(17-13-11-12(13)4)16-9-8-10-18(6-2)7-3/h12-13H,5-11H2,1-4H3,(H2,15,16,17). The first-order chi connectivity index (χ1) is 8.71. The summed E-state index contributed by atoms with van der Waals surface area (Å²) in [6, 6.07) is 0.644. The number of nitrogens with one attached hydrogen (secondary N) is 2. The Morgan fingerprint density at radius 1 is 1.28 bits per heavy atom. The van der Waals surface area contributed by atoms with Crippen molar-refractivity contribution in [3.63, 3.8) is 0 Å². The highest BCUT2D eigenvalue weighted by Gasteiger charge is 2.33. The molecule has 0 spiro atoms. The minimum Gasteiger partial charge on any atom is -0.357 e. The molecule has 4 nitrogen and oxygen atoms in total. The first-order valence-corrected chi connectivity index (χ1v) is 7.48. The maximum atomic E-state index is 4.64. The van der Waals surface area contributed by atoms with Gasteiger partial charge in [-0.1, -0.05) is 20.8 Å². The molecule has 1 saturated carbocycles. The molecule has 0 radical (unpaired) electrons. The van der Waals surface area contributed by atoms with E-state index in [4.69, 9.17) is 0 Å². The zero-order valence-corrected chi connectivity index (χ0v) is 12.5. The molecule has 106 valence electrons. The molecule has 0 amide bonds. The van der Waals surface area contributed by atoms with E-state index in [-0.39, 0.29) is 0 Å². The summed E-state index contributed by atoms with van der Waals surface area (Å²) in [6.07, 6.45) is 2.42. The molecule has 0 aliphatic heterocycles. The third kappa shape index (κ3) is 5.71. The molecular weight excluding hydrogens is 224 g/mol. The second-order valence-electron chi connectivity index (χ2n) is 5.10. The van der Waals surface area contributed by atoms with Gasteiger partial charge in [0.2, 0.25) is 0 Å². The topological polar surface area (TPSA) is 39.7 Å². The lowest BCUT2D eigenvalue weighted by Gasteiger charge is -2.17. The predicted octanol–water partition coefficient (Wildman–Crippen LogP) is 1.68. The molecule has 4 heteroatoms. The van der Waals surface area contributed by atoms with E-state index >= 15 is 0 Å². The van der Waals surface area contributed by atoms with Crippen LogP contribution in [0.1, 0.15) is 40.5 Å².